The summed E-state index contributed by atoms with van der Waals surface area (Å²) in [5.41, 5.74) is 0. The lowest BCUT2D eigenvalue weighted by Gasteiger charge is -2.18. The molecule has 0 amide bonds. The fourth-order valence-corrected chi connectivity index (χ4v) is 3.81. The molecule has 0 aliphatic rings. The van der Waals surface area contributed by atoms with Crippen LogP contribution < -0.4 is 15.4 Å². The molecule has 0 heterocycles. The minimum atomic E-state index is -3.29. The zero-order chi connectivity index (χ0) is 20.4. The molecular weight excluding hydrogens is 508 g/mol. The monoisotopic (exact) mass is 535 g/mol. The molecule has 2 rings (SSSR count). The molecule has 0 saturated heterocycles. The Hall–Kier alpha value is -1.88. The third-order valence-corrected chi connectivity index (χ3v) is 5.75. The Bertz CT molecular complexity index is 880. The zero-order valence-corrected chi connectivity index (χ0v) is 19.6. The van der Waals surface area contributed by atoms with Crippen LogP contribution in [0.5, 0.6) is 5.75 Å². The second-order valence-corrected chi connectivity index (χ2v) is 8.33. The van der Waals surface area contributed by atoms with E-state index in [1.807, 2.05) is 6.92 Å². The second kappa shape index (κ2) is 12.6. The topological polar surface area (TPSA) is 79.8 Å². The Morgan fingerprint density at radius 3 is 2.41 bits per heavy atom. The van der Waals surface area contributed by atoms with E-state index in [0.29, 0.717) is 30.4 Å². The van der Waals surface area contributed by atoms with Crippen LogP contribution in [0.15, 0.2) is 64.5 Å². The molecule has 0 aromatic heterocycles. The van der Waals surface area contributed by atoms with Crippen molar-refractivity contribution in [1.82, 2.24) is 10.6 Å². The largest absolute Gasteiger partial charge is 0.486 e. The van der Waals surface area contributed by atoms with Crippen LogP contribution in [0.4, 0.5) is 4.39 Å². The van der Waals surface area contributed by atoms with Crippen LogP contribution in [0, 0.1) is 5.82 Å². The van der Waals surface area contributed by atoms with E-state index in [1.54, 1.807) is 55.6 Å². The number of nitrogens with one attached hydrogen (secondary N) is 2. The quantitative estimate of drug-likeness (QED) is 0.223. The molecule has 0 radical (unpaired) electrons. The van der Waals surface area contributed by atoms with Crippen molar-refractivity contribution in [1.29, 1.82) is 0 Å². The Morgan fingerprint density at radius 2 is 1.76 bits per heavy atom. The molecule has 160 valence electrons. The molecule has 0 fully saturated rings. The van der Waals surface area contributed by atoms with Crippen LogP contribution in [0.25, 0.3) is 0 Å². The van der Waals surface area contributed by atoms with Crippen LogP contribution in [-0.4, -0.2) is 46.4 Å². The van der Waals surface area contributed by atoms with Gasteiger partial charge in [0, 0.05) is 13.6 Å². The maximum Gasteiger partial charge on any atom is 0.191 e. The molecule has 6 nitrogen and oxygen atoms in total. The van der Waals surface area contributed by atoms with Crippen molar-refractivity contribution >= 4 is 39.8 Å². The number of sulfone groups is 1. The summed E-state index contributed by atoms with van der Waals surface area (Å²) >= 11 is 0. The molecule has 2 aromatic carbocycles. The summed E-state index contributed by atoms with van der Waals surface area (Å²) in [6.07, 6.45) is 0.160. The van der Waals surface area contributed by atoms with Crippen LogP contribution in [0.3, 0.4) is 0 Å². The SMILES string of the molecule is CN=C(NCCCS(=O)(=O)c1ccccc1)NCC(C)Oc1ccccc1F.I. The first-order valence-electron chi connectivity index (χ1n) is 9.06. The fourth-order valence-electron chi connectivity index (χ4n) is 2.47. The third kappa shape index (κ3) is 8.57. The van der Waals surface area contributed by atoms with Crippen molar-refractivity contribution in [3.8, 4) is 5.75 Å². The molecule has 9 heteroatoms. The predicted octanol–water partition coefficient (Wildman–Crippen LogP) is 3.24. The molecule has 1 atom stereocenters. The number of halogens is 2. The molecule has 2 aromatic rings. The number of nitrogens with zero attached hydrogens (tertiary/aromatic N) is 1. The molecule has 0 bridgehead atoms. The number of hydrogen-bond donors (Lipinski definition) is 2. The van der Waals surface area contributed by atoms with E-state index in [4.69, 9.17) is 4.74 Å². The summed E-state index contributed by atoms with van der Waals surface area (Å²) < 4.78 is 43.7. The molecule has 0 aliphatic heterocycles. The van der Waals surface area contributed by atoms with Crippen molar-refractivity contribution in [3.05, 3.63) is 60.4 Å². The molecule has 0 aliphatic carbocycles. The first-order chi connectivity index (χ1) is 13.4. The van der Waals surface area contributed by atoms with E-state index in [1.165, 1.54) is 6.07 Å². The van der Waals surface area contributed by atoms with Crippen molar-refractivity contribution in [3.63, 3.8) is 0 Å². The van der Waals surface area contributed by atoms with Gasteiger partial charge in [0.05, 0.1) is 17.2 Å². The van der Waals surface area contributed by atoms with E-state index >= 15 is 0 Å². The van der Waals surface area contributed by atoms with Gasteiger partial charge in [0.15, 0.2) is 27.4 Å². The normalized spacial score (nSPS) is 12.6. The van der Waals surface area contributed by atoms with Crippen molar-refractivity contribution in [2.24, 2.45) is 4.99 Å². The molecule has 1 unspecified atom stereocenters. The van der Waals surface area contributed by atoms with Crippen LogP contribution in [-0.2, 0) is 9.84 Å². The van der Waals surface area contributed by atoms with Crippen LogP contribution in [0.2, 0.25) is 0 Å². The van der Waals surface area contributed by atoms with Crippen molar-refractivity contribution in [2.75, 3.05) is 25.9 Å². The van der Waals surface area contributed by atoms with Gasteiger partial charge in [-0.15, -0.1) is 24.0 Å². The number of aliphatic imine (C=N–C) groups is 1. The minimum absolute atomic E-state index is 0. The number of guanidine groups is 1. The van der Waals surface area contributed by atoms with E-state index in [-0.39, 0.29) is 41.6 Å². The van der Waals surface area contributed by atoms with Gasteiger partial charge in [0.1, 0.15) is 6.10 Å². The standard InChI is InChI=1S/C20H26FN3O3S.HI/c1-16(27-19-12-7-6-11-18(19)21)15-24-20(22-2)23-13-8-14-28(25,26)17-9-4-3-5-10-17;/h3-7,9-12,16H,8,13-15H2,1-2H3,(H2,22,23,24);1H. The number of rotatable bonds is 9. The average Bonchev–Trinajstić information content (AvgIpc) is 2.70. The lowest BCUT2D eigenvalue weighted by atomic mass is 10.3. The molecule has 29 heavy (non-hydrogen) atoms. The zero-order valence-electron chi connectivity index (χ0n) is 16.5. The summed E-state index contributed by atoms with van der Waals surface area (Å²) in [4.78, 5) is 4.42. The highest BCUT2D eigenvalue weighted by molar-refractivity contribution is 14.0. The Balaban J connectivity index is 0.00000420. The lowest BCUT2D eigenvalue weighted by Crippen LogP contribution is -2.42. The minimum Gasteiger partial charge on any atom is -0.486 e. The van der Waals surface area contributed by atoms with Crippen LogP contribution >= 0.6 is 24.0 Å². The number of ether oxygens (including phenoxy) is 1. The molecule has 0 saturated carbocycles. The van der Waals surface area contributed by atoms with E-state index < -0.39 is 15.7 Å². The van der Waals surface area contributed by atoms with E-state index in [9.17, 15) is 12.8 Å². The lowest BCUT2D eigenvalue weighted by molar-refractivity contribution is 0.214. The Labute approximate surface area is 188 Å². The van der Waals surface area contributed by atoms with Crippen LogP contribution in [0.1, 0.15) is 13.3 Å². The number of hydrogen-bond acceptors (Lipinski definition) is 4. The van der Waals surface area contributed by atoms with Gasteiger partial charge in [-0.3, -0.25) is 4.99 Å². The smallest absolute Gasteiger partial charge is 0.191 e. The van der Waals surface area contributed by atoms with Gasteiger partial charge >= 0.3 is 0 Å². The number of benzene rings is 2. The van der Waals surface area contributed by atoms with Gasteiger partial charge in [-0.1, -0.05) is 30.3 Å². The summed E-state index contributed by atoms with van der Waals surface area (Å²) in [6.45, 7) is 2.68. The van der Waals surface area contributed by atoms with Gasteiger partial charge in [0.25, 0.3) is 0 Å². The third-order valence-electron chi connectivity index (χ3n) is 3.93. The maximum absolute atomic E-state index is 13.6. The number of para-hydroxylation sites is 1. The Kier molecular flexibility index (Phi) is 11.0. The highest BCUT2D eigenvalue weighted by Gasteiger charge is 2.13. The fraction of sp³-hybridized carbons (Fsp3) is 0.350. The van der Waals surface area contributed by atoms with E-state index in [2.05, 4.69) is 15.6 Å². The van der Waals surface area contributed by atoms with Gasteiger partial charge in [-0.25, -0.2) is 12.8 Å². The summed E-state index contributed by atoms with van der Waals surface area (Å²) in [6, 6.07) is 14.6. The maximum atomic E-state index is 13.6. The van der Waals surface area contributed by atoms with Gasteiger partial charge < -0.3 is 15.4 Å². The van der Waals surface area contributed by atoms with Crippen molar-refractivity contribution in [2.45, 2.75) is 24.3 Å². The highest BCUT2D eigenvalue weighted by Crippen LogP contribution is 2.16. The Morgan fingerprint density at radius 1 is 1.10 bits per heavy atom. The van der Waals surface area contributed by atoms with Gasteiger partial charge in [-0.05, 0) is 37.6 Å². The van der Waals surface area contributed by atoms with Gasteiger partial charge in [-0.2, -0.15) is 0 Å². The average molecular weight is 535 g/mol. The predicted molar refractivity (Wildman–Crippen MR) is 124 cm³/mol. The first-order valence-corrected chi connectivity index (χ1v) is 10.7. The first kappa shape index (κ1) is 25.2. The second-order valence-electron chi connectivity index (χ2n) is 6.22. The summed E-state index contributed by atoms with van der Waals surface area (Å²) in [5.74, 6) is 0.372. The molecule has 2 N–H and O–H groups in total. The van der Waals surface area contributed by atoms with Gasteiger partial charge in [0.2, 0.25) is 0 Å². The highest BCUT2D eigenvalue weighted by atomic mass is 127. The molecule has 0 spiro atoms. The molecular formula is C20H27FIN3O3S. The van der Waals surface area contributed by atoms with E-state index in [0.717, 1.165) is 0 Å². The summed E-state index contributed by atoms with van der Waals surface area (Å²) in [5, 5.41) is 6.15. The van der Waals surface area contributed by atoms with Crippen molar-refractivity contribution < 1.29 is 17.5 Å². The summed E-state index contributed by atoms with van der Waals surface area (Å²) in [7, 11) is -1.66.